The van der Waals surface area contributed by atoms with Gasteiger partial charge in [0.2, 0.25) is 0 Å². The number of benzene rings is 1. The summed E-state index contributed by atoms with van der Waals surface area (Å²) < 4.78 is 10.3. The molecule has 0 aliphatic carbocycles. The molecule has 0 saturated heterocycles. The number of aromatic hydroxyl groups is 1. The minimum absolute atomic E-state index is 0.0498. The van der Waals surface area contributed by atoms with Gasteiger partial charge in [-0.25, -0.2) is 0 Å². The van der Waals surface area contributed by atoms with Crippen LogP contribution in [0.5, 0.6) is 11.5 Å². The second-order valence-corrected chi connectivity index (χ2v) is 4.61. The van der Waals surface area contributed by atoms with Gasteiger partial charge in [-0.05, 0) is 24.1 Å². The van der Waals surface area contributed by atoms with E-state index in [1.165, 1.54) is 13.2 Å². The predicted octanol–water partition coefficient (Wildman–Crippen LogP) is 1.80. The highest BCUT2D eigenvalue weighted by Crippen LogP contribution is 2.25. The van der Waals surface area contributed by atoms with Gasteiger partial charge >= 0.3 is 0 Å². The Bertz CT molecular complexity index is 418. The van der Waals surface area contributed by atoms with Crippen LogP contribution in [0.4, 0.5) is 0 Å². The third kappa shape index (κ3) is 5.18. The van der Waals surface area contributed by atoms with Gasteiger partial charge in [0.1, 0.15) is 0 Å². The molecule has 5 heteroatoms. The van der Waals surface area contributed by atoms with Gasteiger partial charge in [0.05, 0.1) is 13.7 Å². The van der Waals surface area contributed by atoms with Crippen molar-refractivity contribution in [3.63, 3.8) is 0 Å². The minimum atomic E-state index is -0.244. The van der Waals surface area contributed by atoms with Crippen LogP contribution in [0, 0.1) is 5.92 Å². The van der Waals surface area contributed by atoms with E-state index in [-0.39, 0.29) is 11.7 Å². The molecule has 0 aromatic heterocycles. The molecule has 1 aromatic carbocycles. The molecule has 0 aliphatic rings. The average Bonchev–Trinajstić information content (AvgIpc) is 2.37. The molecular weight excluding hydrogens is 246 g/mol. The molecule has 5 nitrogen and oxygen atoms in total. The number of nitrogens with one attached hydrogen (secondary N) is 1. The van der Waals surface area contributed by atoms with Gasteiger partial charge in [0.15, 0.2) is 11.5 Å². The van der Waals surface area contributed by atoms with Crippen molar-refractivity contribution in [2.45, 2.75) is 13.8 Å². The molecule has 0 bridgehead atoms. The highest BCUT2D eigenvalue weighted by molar-refractivity contribution is 5.94. The molecule has 0 saturated carbocycles. The van der Waals surface area contributed by atoms with E-state index in [9.17, 15) is 9.90 Å². The summed E-state index contributed by atoms with van der Waals surface area (Å²) in [6.07, 6.45) is 0. The van der Waals surface area contributed by atoms with Crippen LogP contribution >= 0.6 is 0 Å². The fraction of sp³-hybridized carbons (Fsp3) is 0.500. The van der Waals surface area contributed by atoms with Crippen LogP contribution in [0.3, 0.4) is 0 Å². The molecular formula is C14H21NO4. The Labute approximate surface area is 113 Å². The van der Waals surface area contributed by atoms with Crippen LogP contribution in [0.2, 0.25) is 0 Å². The van der Waals surface area contributed by atoms with E-state index < -0.39 is 0 Å². The summed E-state index contributed by atoms with van der Waals surface area (Å²) in [4.78, 5) is 11.8. The number of carbonyl (C=O) groups excluding carboxylic acids is 1. The second kappa shape index (κ2) is 7.63. The quantitative estimate of drug-likeness (QED) is 0.739. The van der Waals surface area contributed by atoms with Gasteiger partial charge in [-0.2, -0.15) is 0 Å². The number of amides is 1. The second-order valence-electron chi connectivity index (χ2n) is 4.61. The van der Waals surface area contributed by atoms with Crippen molar-refractivity contribution < 1.29 is 19.4 Å². The summed E-state index contributed by atoms with van der Waals surface area (Å²) in [7, 11) is 1.46. The molecule has 1 rings (SSSR count). The maximum absolute atomic E-state index is 11.8. The lowest BCUT2D eigenvalue weighted by Gasteiger charge is -2.09. The van der Waals surface area contributed by atoms with Gasteiger partial charge in [0, 0.05) is 18.7 Å². The Hall–Kier alpha value is -1.75. The Kier molecular flexibility index (Phi) is 6.15. The number of ether oxygens (including phenoxy) is 2. The SMILES string of the molecule is COc1ccc(C(=O)NCCOCC(C)C)cc1O. The lowest BCUT2D eigenvalue weighted by atomic mass is 10.2. The number of hydrogen-bond donors (Lipinski definition) is 2. The summed E-state index contributed by atoms with van der Waals surface area (Å²) in [6, 6.07) is 4.53. The van der Waals surface area contributed by atoms with Crippen LogP contribution in [0.25, 0.3) is 0 Å². The molecule has 0 radical (unpaired) electrons. The lowest BCUT2D eigenvalue weighted by molar-refractivity contribution is 0.0886. The molecule has 0 spiro atoms. The Morgan fingerprint density at radius 1 is 1.42 bits per heavy atom. The van der Waals surface area contributed by atoms with Crippen molar-refractivity contribution in [1.82, 2.24) is 5.32 Å². The van der Waals surface area contributed by atoms with Crippen molar-refractivity contribution >= 4 is 5.91 Å². The Balaban J connectivity index is 2.39. The molecule has 0 unspecified atom stereocenters. The monoisotopic (exact) mass is 267 g/mol. The van der Waals surface area contributed by atoms with E-state index in [0.717, 1.165) is 0 Å². The maximum Gasteiger partial charge on any atom is 0.251 e. The molecule has 0 heterocycles. The highest BCUT2D eigenvalue weighted by atomic mass is 16.5. The zero-order chi connectivity index (χ0) is 14.3. The zero-order valence-electron chi connectivity index (χ0n) is 11.6. The van der Waals surface area contributed by atoms with E-state index in [1.54, 1.807) is 12.1 Å². The van der Waals surface area contributed by atoms with Crippen molar-refractivity contribution in [3.8, 4) is 11.5 Å². The Morgan fingerprint density at radius 2 is 2.16 bits per heavy atom. The average molecular weight is 267 g/mol. The third-order valence-corrected chi connectivity index (χ3v) is 2.42. The number of carbonyl (C=O) groups is 1. The first-order valence-electron chi connectivity index (χ1n) is 6.27. The van der Waals surface area contributed by atoms with E-state index in [0.29, 0.717) is 37.0 Å². The Morgan fingerprint density at radius 3 is 2.74 bits per heavy atom. The number of phenols is 1. The lowest BCUT2D eigenvalue weighted by Crippen LogP contribution is -2.27. The summed E-state index contributed by atoms with van der Waals surface area (Å²) in [6.45, 7) is 5.74. The number of phenolic OH excluding ortho intramolecular Hbond substituents is 1. The van der Waals surface area contributed by atoms with Crippen molar-refractivity contribution in [2.75, 3.05) is 26.9 Å². The van der Waals surface area contributed by atoms with Crippen molar-refractivity contribution in [3.05, 3.63) is 23.8 Å². The summed E-state index contributed by atoms with van der Waals surface area (Å²) in [5.41, 5.74) is 0.391. The molecule has 19 heavy (non-hydrogen) atoms. The zero-order valence-corrected chi connectivity index (χ0v) is 11.6. The van der Waals surface area contributed by atoms with E-state index in [2.05, 4.69) is 19.2 Å². The van der Waals surface area contributed by atoms with Gasteiger partial charge in [-0.3, -0.25) is 4.79 Å². The van der Waals surface area contributed by atoms with Crippen LogP contribution in [0.15, 0.2) is 18.2 Å². The van der Waals surface area contributed by atoms with Crippen LogP contribution in [-0.4, -0.2) is 37.9 Å². The van der Waals surface area contributed by atoms with E-state index in [4.69, 9.17) is 9.47 Å². The van der Waals surface area contributed by atoms with E-state index >= 15 is 0 Å². The van der Waals surface area contributed by atoms with Crippen molar-refractivity contribution in [1.29, 1.82) is 0 Å². The fourth-order valence-electron chi connectivity index (χ4n) is 1.49. The van der Waals surface area contributed by atoms with Crippen LogP contribution < -0.4 is 10.1 Å². The summed E-state index contributed by atoms with van der Waals surface area (Å²) >= 11 is 0. The number of methoxy groups -OCH3 is 1. The van der Waals surface area contributed by atoms with Crippen LogP contribution in [0.1, 0.15) is 24.2 Å². The topological polar surface area (TPSA) is 67.8 Å². The molecule has 0 aliphatic heterocycles. The molecule has 2 N–H and O–H groups in total. The standard InChI is InChI=1S/C14H21NO4/c1-10(2)9-19-7-6-15-14(17)11-4-5-13(18-3)12(16)8-11/h4-5,8,10,16H,6-7,9H2,1-3H3,(H,15,17). The summed E-state index contributed by atoms with van der Waals surface area (Å²) in [5, 5.41) is 12.3. The summed E-state index contributed by atoms with van der Waals surface area (Å²) in [5.74, 6) is 0.531. The first-order chi connectivity index (χ1) is 9.04. The number of rotatable bonds is 7. The minimum Gasteiger partial charge on any atom is -0.504 e. The van der Waals surface area contributed by atoms with Crippen LogP contribution in [-0.2, 0) is 4.74 Å². The molecule has 0 fully saturated rings. The molecule has 1 aromatic rings. The molecule has 106 valence electrons. The fourth-order valence-corrected chi connectivity index (χ4v) is 1.49. The smallest absolute Gasteiger partial charge is 0.251 e. The van der Waals surface area contributed by atoms with Gasteiger partial charge < -0.3 is 19.9 Å². The largest absolute Gasteiger partial charge is 0.504 e. The van der Waals surface area contributed by atoms with Gasteiger partial charge in [0.25, 0.3) is 5.91 Å². The normalized spacial score (nSPS) is 10.5. The first-order valence-corrected chi connectivity index (χ1v) is 6.27. The van der Waals surface area contributed by atoms with Gasteiger partial charge in [-0.1, -0.05) is 13.8 Å². The predicted molar refractivity (Wildman–Crippen MR) is 72.6 cm³/mol. The molecule has 1 amide bonds. The van der Waals surface area contributed by atoms with Crippen molar-refractivity contribution in [2.24, 2.45) is 5.92 Å². The third-order valence-electron chi connectivity index (χ3n) is 2.42. The molecule has 0 atom stereocenters. The van der Waals surface area contributed by atoms with E-state index in [1.807, 2.05) is 0 Å². The first kappa shape index (κ1) is 15.3. The highest BCUT2D eigenvalue weighted by Gasteiger charge is 2.08. The maximum atomic E-state index is 11.8. The van der Waals surface area contributed by atoms with Gasteiger partial charge in [-0.15, -0.1) is 0 Å². The number of hydrogen-bond acceptors (Lipinski definition) is 4.